The summed E-state index contributed by atoms with van der Waals surface area (Å²) in [5.41, 5.74) is 2.14. The quantitative estimate of drug-likeness (QED) is 0.270. The van der Waals surface area contributed by atoms with Crippen molar-refractivity contribution in [2.45, 2.75) is 26.8 Å². The Morgan fingerprint density at radius 1 is 1.22 bits per heavy atom. The molecule has 0 spiro atoms. The Bertz CT molecular complexity index is 1540. The second kappa shape index (κ2) is 11.3. The number of allylic oxidation sites excluding steroid dienone is 1. The van der Waals surface area contributed by atoms with Crippen LogP contribution in [0, 0.1) is 3.57 Å². The predicted octanol–water partition coefficient (Wildman–Crippen LogP) is 4.57. The second-order valence-corrected chi connectivity index (χ2v) is 10.9. The highest BCUT2D eigenvalue weighted by atomic mass is 127. The molecule has 4 rings (SSSR count). The Morgan fingerprint density at radius 2 is 2.00 bits per heavy atom. The molecule has 3 aromatic rings. The molecule has 1 aliphatic heterocycles. The van der Waals surface area contributed by atoms with Crippen LogP contribution in [0.2, 0.25) is 0 Å². The molecular formula is C26H24BrIN2O5S. The second-order valence-electron chi connectivity index (χ2n) is 7.81. The molecule has 2 heterocycles. The van der Waals surface area contributed by atoms with E-state index in [0.717, 1.165) is 9.13 Å². The van der Waals surface area contributed by atoms with Gasteiger partial charge < -0.3 is 14.2 Å². The number of benzene rings is 2. The van der Waals surface area contributed by atoms with Gasteiger partial charge in [-0.05, 0) is 84.8 Å². The summed E-state index contributed by atoms with van der Waals surface area (Å²) in [4.78, 5) is 32.1. The monoisotopic (exact) mass is 682 g/mol. The van der Waals surface area contributed by atoms with Crippen LogP contribution in [-0.2, 0) is 9.53 Å². The molecule has 0 radical (unpaired) electrons. The van der Waals surface area contributed by atoms with Crippen molar-refractivity contribution in [3.05, 3.63) is 86.5 Å². The molecule has 0 aliphatic carbocycles. The topological polar surface area (TPSA) is 79.1 Å². The smallest absolute Gasteiger partial charge is 0.338 e. The van der Waals surface area contributed by atoms with E-state index < -0.39 is 12.0 Å². The maximum absolute atomic E-state index is 13.8. The first kappa shape index (κ1) is 26.6. The molecule has 1 atom stereocenters. The summed E-state index contributed by atoms with van der Waals surface area (Å²) < 4.78 is 20.5. The maximum atomic E-state index is 13.8. The van der Waals surface area contributed by atoms with Crippen LogP contribution in [0.4, 0.5) is 0 Å². The molecule has 0 fully saturated rings. The fourth-order valence-electron chi connectivity index (χ4n) is 4.02. The molecule has 0 amide bonds. The molecule has 0 unspecified atom stereocenters. The van der Waals surface area contributed by atoms with Crippen LogP contribution in [0.5, 0.6) is 11.5 Å². The minimum absolute atomic E-state index is 0.202. The van der Waals surface area contributed by atoms with E-state index >= 15 is 0 Å². The van der Waals surface area contributed by atoms with Crippen LogP contribution in [0.3, 0.4) is 0 Å². The highest BCUT2D eigenvalue weighted by Gasteiger charge is 2.35. The van der Waals surface area contributed by atoms with E-state index in [2.05, 4.69) is 43.5 Å². The van der Waals surface area contributed by atoms with Crippen LogP contribution < -0.4 is 24.4 Å². The number of ether oxygens (including phenoxy) is 3. The maximum Gasteiger partial charge on any atom is 0.338 e. The molecule has 1 aromatic heterocycles. The van der Waals surface area contributed by atoms with Crippen LogP contribution in [-0.4, -0.2) is 30.9 Å². The van der Waals surface area contributed by atoms with Gasteiger partial charge in [-0.25, -0.2) is 9.79 Å². The van der Waals surface area contributed by atoms with Crippen molar-refractivity contribution < 1.29 is 19.0 Å². The van der Waals surface area contributed by atoms with Crippen molar-refractivity contribution in [1.29, 1.82) is 0 Å². The van der Waals surface area contributed by atoms with E-state index in [1.807, 2.05) is 37.3 Å². The summed E-state index contributed by atoms with van der Waals surface area (Å²) in [6.07, 6.45) is 1.85. The fraction of sp³-hybridized carbons (Fsp3) is 0.269. The van der Waals surface area contributed by atoms with E-state index in [-0.39, 0.29) is 12.2 Å². The van der Waals surface area contributed by atoms with Crippen LogP contribution in [0.25, 0.3) is 6.08 Å². The molecule has 0 N–H and O–H groups in total. The van der Waals surface area contributed by atoms with Gasteiger partial charge in [-0.1, -0.05) is 39.4 Å². The van der Waals surface area contributed by atoms with Crippen molar-refractivity contribution in [3.63, 3.8) is 0 Å². The van der Waals surface area contributed by atoms with Crippen LogP contribution in [0.15, 0.2) is 61.9 Å². The van der Waals surface area contributed by atoms with Crippen molar-refractivity contribution in [1.82, 2.24) is 4.57 Å². The summed E-state index contributed by atoms with van der Waals surface area (Å²) >= 11 is 7.16. The van der Waals surface area contributed by atoms with Gasteiger partial charge in [0.15, 0.2) is 16.3 Å². The molecular weight excluding hydrogens is 659 g/mol. The number of methoxy groups -OCH3 is 1. The molecule has 10 heteroatoms. The standard InChI is InChI=1S/C26H24BrIN2O5S/c1-5-34-20-13-18(27)17(12-19(20)33-4)23-22(25(32)35-6-2)14(3)29-26-30(23)24(31)21(36-26)11-15-8-7-9-16(28)10-15/h7-13,23H,5-6H2,1-4H3/b21-11+/t23-/m1/s1. The molecule has 1 aliphatic rings. The summed E-state index contributed by atoms with van der Waals surface area (Å²) in [5.74, 6) is 0.532. The Hall–Kier alpha value is -2.44. The van der Waals surface area contributed by atoms with Crippen molar-refractivity contribution in [3.8, 4) is 11.5 Å². The third kappa shape index (κ3) is 5.16. The summed E-state index contributed by atoms with van der Waals surface area (Å²) in [7, 11) is 1.55. The molecule has 36 heavy (non-hydrogen) atoms. The number of esters is 1. The molecule has 7 nitrogen and oxygen atoms in total. The van der Waals surface area contributed by atoms with E-state index in [9.17, 15) is 9.59 Å². The number of halogens is 2. The van der Waals surface area contributed by atoms with E-state index in [1.165, 1.54) is 11.3 Å². The van der Waals surface area contributed by atoms with Crippen LogP contribution in [0.1, 0.15) is 37.9 Å². The van der Waals surface area contributed by atoms with E-state index in [4.69, 9.17) is 14.2 Å². The van der Waals surface area contributed by atoms with Gasteiger partial charge in [0.2, 0.25) is 0 Å². The Labute approximate surface area is 234 Å². The van der Waals surface area contributed by atoms with Crippen molar-refractivity contribution >= 4 is 61.9 Å². The third-order valence-electron chi connectivity index (χ3n) is 5.54. The predicted molar refractivity (Wildman–Crippen MR) is 151 cm³/mol. The minimum atomic E-state index is -0.766. The van der Waals surface area contributed by atoms with Gasteiger partial charge in [-0.3, -0.25) is 9.36 Å². The molecule has 0 saturated carbocycles. The van der Waals surface area contributed by atoms with Gasteiger partial charge in [0, 0.05) is 8.04 Å². The largest absolute Gasteiger partial charge is 0.493 e. The minimum Gasteiger partial charge on any atom is -0.493 e. The number of aromatic nitrogens is 1. The number of hydrogen-bond acceptors (Lipinski definition) is 7. The van der Waals surface area contributed by atoms with Gasteiger partial charge in [0.25, 0.3) is 5.56 Å². The van der Waals surface area contributed by atoms with Gasteiger partial charge in [0.1, 0.15) is 0 Å². The number of rotatable bonds is 7. The zero-order valence-corrected chi connectivity index (χ0v) is 24.7. The third-order valence-corrected chi connectivity index (χ3v) is 7.88. The number of thiazole rings is 1. The molecule has 188 valence electrons. The normalized spacial score (nSPS) is 15.4. The van der Waals surface area contributed by atoms with Crippen molar-refractivity contribution in [2.24, 2.45) is 4.99 Å². The number of carbonyl (C=O) groups is 1. The number of carbonyl (C=O) groups excluding carboxylic acids is 1. The summed E-state index contributed by atoms with van der Waals surface area (Å²) in [6, 6.07) is 10.7. The first-order valence-corrected chi connectivity index (χ1v) is 13.9. The molecule has 0 saturated heterocycles. The first-order chi connectivity index (χ1) is 17.3. The average molecular weight is 683 g/mol. The van der Waals surface area contributed by atoms with Crippen LogP contribution >= 0.6 is 49.9 Å². The average Bonchev–Trinajstić information content (AvgIpc) is 3.13. The van der Waals surface area contributed by atoms with Gasteiger partial charge in [-0.15, -0.1) is 0 Å². The number of hydrogen-bond donors (Lipinski definition) is 0. The van der Waals surface area contributed by atoms with E-state index in [0.29, 0.717) is 48.7 Å². The van der Waals surface area contributed by atoms with Gasteiger partial charge in [0.05, 0.1) is 42.2 Å². The number of fused-ring (bicyclic) bond motifs is 1. The first-order valence-electron chi connectivity index (χ1n) is 11.2. The lowest BCUT2D eigenvalue weighted by Crippen LogP contribution is -2.40. The SMILES string of the molecule is CCOC(=O)C1=C(C)N=c2s/c(=C/c3cccc(I)c3)c(=O)n2[C@@H]1c1cc(OC)c(OCC)cc1Br. The lowest BCUT2D eigenvalue weighted by molar-refractivity contribution is -0.139. The van der Waals surface area contributed by atoms with Gasteiger partial charge in [-0.2, -0.15) is 0 Å². The lowest BCUT2D eigenvalue weighted by atomic mass is 9.95. The zero-order chi connectivity index (χ0) is 26.0. The molecule has 2 aromatic carbocycles. The molecule has 0 bridgehead atoms. The fourth-order valence-corrected chi connectivity index (χ4v) is 6.17. The number of nitrogens with zero attached hydrogens (tertiary/aromatic N) is 2. The van der Waals surface area contributed by atoms with E-state index in [1.54, 1.807) is 37.7 Å². The summed E-state index contributed by atoms with van der Waals surface area (Å²) in [6.45, 7) is 6.05. The lowest BCUT2D eigenvalue weighted by Gasteiger charge is -2.26. The Morgan fingerprint density at radius 3 is 2.67 bits per heavy atom. The zero-order valence-electron chi connectivity index (χ0n) is 20.1. The van der Waals surface area contributed by atoms with Crippen molar-refractivity contribution in [2.75, 3.05) is 20.3 Å². The highest BCUT2D eigenvalue weighted by Crippen LogP contribution is 2.41. The Balaban J connectivity index is 2.00. The van der Waals surface area contributed by atoms with Gasteiger partial charge >= 0.3 is 5.97 Å². The highest BCUT2D eigenvalue weighted by molar-refractivity contribution is 14.1. The summed E-state index contributed by atoms with van der Waals surface area (Å²) in [5, 5.41) is 0. The Kier molecular flexibility index (Phi) is 8.36.